The fourth-order valence-electron chi connectivity index (χ4n) is 3.42. The van der Waals surface area contributed by atoms with Gasteiger partial charge in [-0.3, -0.25) is 4.79 Å². The standard InChI is InChI=1S/C21H27N3O/c1-3-23(4-2)15-9-10-16-24-19-13-7-5-11-17(19)21(25)22-18-12-6-8-14-20(18)24/h5-8,11-14H,3-4,9-10,15-16H2,1-2H3,(H,22,25). The Morgan fingerprint density at radius 1 is 0.920 bits per heavy atom. The van der Waals surface area contributed by atoms with Crippen LogP contribution in [-0.2, 0) is 0 Å². The lowest BCUT2D eigenvalue weighted by Gasteiger charge is -2.26. The van der Waals surface area contributed by atoms with Gasteiger partial charge in [0.15, 0.2) is 0 Å². The topological polar surface area (TPSA) is 35.6 Å². The molecule has 2 aromatic carbocycles. The van der Waals surface area contributed by atoms with Crippen LogP contribution in [0.4, 0.5) is 17.1 Å². The molecule has 0 atom stereocenters. The Hall–Kier alpha value is -2.33. The molecule has 0 saturated heterocycles. The summed E-state index contributed by atoms with van der Waals surface area (Å²) in [4.78, 5) is 17.3. The van der Waals surface area contributed by atoms with Crippen molar-refractivity contribution in [2.75, 3.05) is 36.4 Å². The Balaban J connectivity index is 1.82. The molecule has 0 aromatic heterocycles. The van der Waals surface area contributed by atoms with Crippen molar-refractivity contribution in [3.05, 3.63) is 54.1 Å². The molecule has 2 aromatic rings. The Morgan fingerprint density at radius 3 is 2.36 bits per heavy atom. The molecule has 25 heavy (non-hydrogen) atoms. The summed E-state index contributed by atoms with van der Waals surface area (Å²) in [5.41, 5.74) is 3.69. The highest BCUT2D eigenvalue weighted by molar-refractivity contribution is 6.12. The summed E-state index contributed by atoms with van der Waals surface area (Å²) < 4.78 is 0. The van der Waals surface area contributed by atoms with Crippen molar-refractivity contribution in [2.45, 2.75) is 26.7 Å². The second-order valence-corrected chi connectivity index (χ2v) is 6.37. The van der Waals surface area contributed by atoms with Gasteiger partial charge in [0, 0.05) is 6.54 Å². The van der Waals surface area contributed by atoms with E-state index in [1.165, 1.54) is 0 Å². The summed E-state index contributed by atoms with van der Waals surface area (Å²) in [6.45, 7) is 8.66. The van der Waals surface area contributed by atoms with Crippen LogP contribution >= 0.6 is 0 Å². The summed E-state index contributed by atoms with van der Waals surface area (Å²) in [5.74, 6) is -0.0336. The van der Waals surface area contributed by atoms with Crippen LogP contribution in [0.25, 0.3) is 0 Å². The van der Waals surface area contributed by atoms with Crippen LogP contribution in [0.5, 0.6) is 0 Å². The van der Waals surface area contributed by atoms with Gasteiger partial charge in [0.1, 0.15) is 0 Å². The largest absolute Gasteiger partial charge is 0.339 e. The molecule has 0 unspecified atom stereocenters. The van der Waals surface area contributed by atoms with Crippen LogP contribution in [-0.4, -0.2) is 37.0 Å². The van der Waals surface area contributed by atoms with Gasteiger partial charge in [-0.1, -0.05) is 38.1 Å². The number of anilines is 3. The predicted octanol–water partition coefficient (Wildman–Crippen LogP) is 4.51. The summed E-state index contributed by atoms with van der Waals surface area (Å²) in [5, 5.41) is 3.05. The van der Waals surface area contributed by atoms with E-state index < -0.39 is 0 Å². The summed E-state index contributed by atoms with van der Waals surface area (Å²) in [7, 11) is 0. The molecule has 1 aliphatic heterocycles. The molecular weight excluding hydrogens is 310 g/mol. The minimum absolute atomic E-state index is 0.0336. The lowest BCUT2D eigenvalue weighted by molar-refractivity contribution is 0.102. The quantitative estimate of drug-likeness (QED) is 0.755. The molecule has 1 amide bonds. The molecule has 1 aliphatic rings. The number of fused-ring (bicyclic) bond motifs is 2. The van der Waals surface area contributed by atoms with Crippen LogP contribution in [0.1, 0.15) is 37.0 Å². The Kier molecular flexibility index (Phi) is 5.71. The van der Waals surface area contributed by atoms with Crippen LogP contribution in [0.3, 0.4) is 0 Å². The number of amides is 1. The number of benzene rings is 2. The monoisotopic (exact) mass is 337 g/mol. The zero-order chi connectivity index (χ0) is 17.6. The van der Waals surface area contributed by atoms with E-state index >= 15 is 0 Å². The van der Waals surface area contributed by atoms with Crippen molar-refractivity contribution in [2.24, 2.45) is 0 Å². The number of nitrogens with one attached hydrogen (secondary N) is 1. The number of carbonyl (C=O) groups excluding carboxylic acids is 1. The highest BCUT2D eigenvalue weighted by Gasteiger charge is 2.24. The third kappa shape index (κ3) is 3.85. The first-order valence-electron chi connectivity index (χ1n) is 9.24. The Bertz CT molecular complexity index is 725. The van der Waals surface area contributed by atoms with Gasteiger partial charge < -0.3 is 15.1 Å². The number of nitrogens with zero attached hydrogens (tertiary/aromatic N) is 2. The lowest BCUT2D eigenvalue weighted by Crippen LogP contribution is -2.25. The molecule has 0 saturated carbocycles. The molecular formula is C21H27N3O. The summed E-state index contributed by atoms with van der Waals surface area (Å²) in [6.07, 6.45) is 2.25. The highest BCUT2D eigenvalue weighted by atomic mass is 16.1. The molecule has 4 heteroatoms. The minimum Gasteiger partial charge on any atom is -0.339 e. The third-order valence-electron chi connectivity index (χ3n) is 4.88. The van der Waals surface area contributed by atoms with Gasteiger partial charge in [0.05, 0.1) is 22.6 Å². The summed E-state index contributed by atoms with van der Waals surface area (Å²) >= 11 is 0. The maximum absolute atomic E-state index is 12.6. The van der Waals surface area contributed by atoms with Crippen LogP contribution in [0.2, 0.25) is 0 Å². The van der Waals surface area contributed by atoms with Crippen molar-refractivity contribution in [3.8, 4) is 0 Å². The molecule has 0 aliphatic carbocycles. The maximum atomic E-state index is 12.6. The molecule has 0 spiro atoms. The minimum atomic E-state index is -0.0336. The first-order valence-corrected chi connectivity index (χ1v) is 9.24. The van der Waals surface area contributed by atoms with E-state index in [9.17, 15) is 4.79 Å². The SMILES string of the molecule is CCN(CC)CCCCN1c2ccccc2NC(=O)c2ccccc21. The maximum Gasteiger partial charge on any atom is 0.257 e. The number of rotatable bonds is 7. The van der Waals surface area contributed by atoms with E-state index in [0.29, 0.717) is 0 Å². The zero-order valence-corrected chi connectivity index (χ0v) is 15.2. The molecule has 0 radical (unpaired) electrons. The number of para-hydroxylation sites is 3. The summed E-state index contributed by atoms with van der Waals surface area (Å²) in [6, 6.07) is 15.9. The van der Waals surface area contributed by atoms with Gasteiger partial charge in [0.2, 0.25) is 0 Å². The van der Waals surface area contributed by atoms with E-state index in [0.717, 1.165) is 61.6 Å². The Morgan fingerprint density at radius 2 is 1.60 bits per heavy atom. The number of hydrogen-bond acceptors (Lipinski definition) is 3. The van der Waals surface area contributed by atoms with E-state index in [2.05, 4.69) is 35.0 Å². The average Bonchev–Trinajstić information content (AvgIpc) is 2.77. The highest BCUT2D eigenvalue weighted by Crippen LogP contribution is 2.37. The van der Waals surface area contributed by atoms with Gasteiger partial charge >= 0.3 is 0 Å². The zero-order valence-electron chi connectivity index (χ0n) is 15.2. The van der Waals surface area contributed by atoms with Gasteiger partial charge in [0.25, 0.3) is 5.91 Å². The second-order valence-electron chi connectivity index (χ2n) is 6.37. The van der Waals surface area contributed by atoms with E-state index in [1.807, 2.05) is 42.5 Å². The molecule has 1 heterocycles. The lowest BCUT2D eigenvalue weighted by atomic mass is 10.1. The molecule has 3 rings (SSSR count). The van der Waals surface area contributed by atoms with E-state index in [4.69, 9.17) is 0 Å². The third-order valence-corrected chi connectivity index (χ3v) is 4.88. The number of unbranched alkanes of at least 4 members (excludes halogenated alkanes) is 1. The van der Waals surface area contributed by atoms with Crippen LogP contribution in [0, 0.1) is 0 Å². The van der Waals surface area contributed by atoms with Gasteiger partial charge in [-0.25, -0.2) is 0 Å². The number of carbonyl (C=O) groups is 1. The second kappa shape index (κ2) is 8.17. The van der Waals surface area contributed by atoms with E-state index in [1.54, 1.807) is 0 Å². The van der Waals surface area contributed by atoms with Crippen molar-refractivity contribution < 1.29 is 4.79 Å². The van der Waals surface area contributed by atoms with Crippen molar-refractivity contribution in [1.29, 1.82) is 0 Å². The molecule has 0 bridgehead atoms. The fourth-order valence-corrected chi connectivity index (χ4v) is 3.42. The van der Waals surface area contributed by atoms with Gasteiger partial charge in [-0.15, -0.1) is 0 Å². The molecule has 1 N–H and O–H groups in total. The first kappa shape index (κ1) is 17.5. The van der Waals surface area contributed by atoms with Crippen molar-refractivity contribution >= 4 is 23.0 Å². The van der Waals surface area contributed by atoms with Gasteiger partial charge in [-0.05, 0) is 56.7 Å². The number of hydrogen-bond donors (Lipinski definition) is 1. The average molecular weight is 337 g/mol. The molecule has 132 valence electrons. The normalized spacial score (nSPS) is 13.2. The molecule has 0 fully saturated rings. The van der Waals surface area contributed by atoms with Crippen molar-refractivity contribution in [3.63, 3.8) is 0 Å². The molecule has 4 nitrogen and oxygen atoms in total. The first-order chi connectivity index (χ1) is 12.2. The Labute approximate surface area is 150 Å². The fraction of sp³-hybridized carbons (Fsp3) is 0.381. The van der Waals surface area contributed by atoms with E-state index in [-0.39, 0.29) is 5.91 Å². The van der Waals surface area contributed by atoms with Crippen LogP contribution in [0.15, 0.2) is 48.5 Å². The van der Waals surface area contributed by atoms with Crippen molar-refractivity contribution in [1.82, 2.24) is 4.90 Å². The predicted molar refractivity (Wildman–Crippen MR) is 105 cm³/mol. The van der Waals surface area contributed by atoms with Gasteiger partial charge in [-0.2, -0.15) is 0 Å². The smallest absolute Gasteiger partial charge is 0.257 e. The van der Waals surface area contributed by atoms with Crippen LogP contribution < -0.4 is 10.2 Å².